The molecule has 1 aliphatic heterocycles. The van der Waals surface area contributed by atoms with Crippen molar-refractivity contribution in [3.8, 4) is 6.07 Å². The van der Waals surface area contributed by atoms with Crippen LogP contribution in [0, 0.1) is 18.3 Å². The summed E-state index contributed by atoms with van der Waals surface area (Å²) in [6.45, 7) is 4.30. The van der Waals surface area contributed by atoms with Crippen molar-refractivity contribution in [3.05, 3.63) is 82.9 Å². The largest absolute Gasteiger partial charge is 0.420 e. The predicted octanol–water partition coefficient (Wildman–Crippen LogP) is 3.99. The molecule has 0 bridgehead atoms. The molecule has 1 aliphatic rings. The molecule has 30 heavy (non-hydrogen) atoms. The summed E-state index contributed by atoms with van der Waals surface area (Å²) in [5, 5.41) is 9.47. The molecule has 1 aromatic heterocycles. The lowest BCUT2D eigenvalue weighted by molar-refractivity contribution is 0.0745. The van der Waals surface area contributed by atoms with Gasteiger partial charge in [-0.15, -0.1) is 0 Å². The van der Waals surface area contributed by atoms with Crippen molar-refractivity contribution in [1.29, 1.82) is 5.26 Å². The van der Waals surface area contributed by atoms with Crippen LogP contribution >= 0.6 is 0 Å². The minimum Gasteiger partial charge on any atom is -0.420 e. The Kier molecular flexibility index (Phi) is 5.62. The van der Waals surface area contributed by atoms with Gasteiger partial charge in [0.05, 0.1) is 0 Å². The molecule has 150 valence electrons. The molecule has 2 heterocycles. The van der Waals surface area contributed by atoms with Gasteiger partial charge in [0.1, 0.15) is 6.07 Å². The number of anilines is 1. The van der Waals surface area contributed by atoms with E-state index < -0.39 is 0 Å². The van der Waals surface area contributed by atoms with Crippen LogP contribution in [0.1, 0.15) is 33.1 Å². The molecule has 6 heteroatoms. The molecule has 0 N–H and O–H groups in total. The van der Waals surface area contributed by atoms with Crippen LogP contribution in [0.25, 0.3) is 12.2 Å². The Morgan fingerprint density at radius 2 is 1.73 bits per heavy atom. The summed E-state index contributed by atoms with van der Waals surface area (Å²) in [5.41, 5.74) is 3.11. The maximum absolute atomic E-state index is 12.7. The quantitative estimate of drug-likeness (QED) is 0.664. The fourth-order valence-electron chi connectivity index (χ4n) is 3.41. The standard InChI is InChI=1S/C24H22N4O2/c1-18-7-10-20(11-8-18)23(29)27-13-15-28(16-14-27)24-21(17-25)26-22(30-24)12-9-19-5-3-2-4-6-19/h2-12H,13-16H2,1H3. The maximum Gasteiger partial charge on any atom is 0.253 e. The molecule has 0 saturated carbocycles. The zero-order valence-corrected chi connectivity index (χ0v) is 16.8. The summed E-state index contributed by atoms with van der Waals surface area (Å²) in [4.78, 5) is 20.8. The molecule has 0 spiro atoms. The number of amides is 1. The molecular formula is C24H22N4O2. The lowest BCUT2D eigenvalue weighted by Gasteiger charge is -2.34. The molecule has 2 aromatic carbocycles. The van der Waals surface area contributed by atoms with Crippen molar-refractivity contribution in [1.82, 2.24) is 9.88 Å². The fourth-order valence-corrected chi connectivity index (χ4v) is 3.41. The molecule has 0 unspecified atom stereocenters. The number of aryl methyl sites for hydroxylation is 1. The molecule has 0 radical (unpaired) electrons. The van der Waals surface area contributed by atoms with Gasteiger partial charge in [0.15, 0.2) is 0 Å². The van der Waals surface area contributed by atoms with E-state index in [2.05, 4.69) is 11.1 Å². The van der Waals surface area contributed by atoms with Gasteiger partial charge >= 0.3 is 0 Å². The molecule has 4 rings (SSSR count). The van der Waals surface area contributed by atoms with Gasteiger partial charge in [0, 0.05) is 37.8 Å². The van der Waals surface area contributed by atoms with Crippen molar-refractivity contribution >= 4 is 23.9 Å². The van der Waals surface area contributed by atoms with E-state index in [1.54, 1.807) is 6.08 Å². The molecule has 6 nitrogen and oxygen atoms in total. The first-order valence-electron chi connectivity index (χ1n) is 9.89. The van der Waals surface area contributed by atoms with Crippen LogP contribution in [0.3, 0.4) is 0 Å². The van der Waals surface area contributed by atoms with E-state index >= 15 is 0 Å². The highest BCUT2D eigenvalue weighted by Crippen LogP contribution is 2.24. The second kappa shape index (κ2) is 8.66. The number of nitrogens with zero attached hydrogens (tertiary/aromatic N) is 4. The lowest BCUT2D eigenvalue weighted by atomic mass is 10.1. The first-order chi connectivity index (χ1) is 14.6. The molecule has 0 aliphatic carbocycles. The predicted molar refractivity (Wildman–Crippen MR) is 116 cm³/mol. The zero-order chi connectivity index (χ0) is 20.9. The van der Waals surface area contributed by atoms with Crippen LogP contribution in [0.2, 0.25) is 0 Å². The summed E-state index contributed by atoms with van der Waals surface area (Å²) in [7, 11) is 0. The SMILES string of the molecule is Cc1ccc(C(=O)N2CCN(c3oc(C=Cc4ccccc4)nc3C#N)CC2)cc1. The fraction of sp³-hybridized carbons (Fsp3) is 0.208. The van der Waals surface area contributed by atoms with Crippen LogP contribution < -0.4 is 4.90 Å². The second-order valence-electron chi connectivity index (χ2n) is 7.21. The van der Waals surface area contributed by atoms with Gasteiger partial charge in [0.25, 0.3) is 5.91 Å². The normalized spacial score (nSPS) is 14.1. The van der Waals surface area contributed by atoms with Crippen LogP contribution in [-0.4, -0.2) is 42.0 Å². The number of hydrogen-bond acceptors (Lipinski definition) is 5. The third-order valence-corrected chi connectivity index (χ3v) is 5.10. The highest BCUT2D eigenvalue weighted by molar-refractivity contribution is 5.94. The third-order valence-electron chi connectivity index (χ3n) is 5.10. The van der Waals surface area contributed by atoms with Gasteiger partial charge in [-0.2, -0.15) is 10.2 Å². The summed E-state index contributed by atoms with van der Waals surface area (Å²) in [5.74, 6) is 0.885. The Morgan fingerprint density at radius 1 is 1.03 bits per heavy atom. The summed E-state index contributed by atoms with van der Waals surface area (Å²) in [6.07, 6.45) is 3.66. The first kappa shape index (κ1) is 19.5. The van der Waals surface area contributed by atoms with E-state index in [1.807, 2.05) is 77.4 Å². The Balaban J connectivity index is 1.43. The van der Waals surface area contributed by atoms with Crippen molar-refractivity contribution in [2.75, 3.05) is 31.1 Å². The van der Waals surface area contributed by atoms with E-state index in [-0.39, 0.29) is 11.6 Å². The molecule has 1 saturated heterocycles. The number of carbonyl (C=O) groups is 1. The summed E-state index contributed by atoms with van der Waals surface area (Å²) < 4.78 is 5.86. The smallest absolute Gasteiger partial charge is 0.253 e. The van der Waals surface area contributed by atoms with E-state index in [0.29, 0.717) is 43.5 Å². The van der Waals surface area contributed by atoms with Gasteiger partial charge in [-0.1, -0.05) is 48.0 Å². The topological polar surface area (TPSA) is 73.4 Å². The minimum absolute atomic E-state index is 0.0270. The number of benzene rings is 2. The number of rotatable bonds is 4. The Hall–Kier alpha value is -3.85. The van der Waals surface area contributed by atoms with E-state index in [1.165, 1.54) is 0 Å². The summed E-state index contributed by atoms with van der Waals surface area (Å²) >= 11 is 0. The number of aromatic nitrogens is 1. The lowest BCUT2D eigenvalue weighted by Crippen LogP contribution is -2.48. The monoisotopic (exact) mass is 398 g/mol. The van der Waals surface area contributed by atoms with Crippen molar-refractivity contribution < 1.29 is 9.21 Å². The Morgan fingerprint density at radius 3 is 2.40 bits per heavy atom. The zero-order valence-electron chi connectivity index (χ0n) is 16.8. The van der Waals surface area contributed by atoms with Crippen molar-refractivity contribution in [2.45, 2.75) is 6.92 Å². The van der Waals surface area contributed by atoms with Crippen LogP contribution in [0.5, 0.6) is 0 Å². The highest BCUT2D eigenvalue weighted by atomic mass is 16.4. The number of hydrogen-bond donors (Lipinski definition) is 0. The van der Waals surface area contributed by atoms with Gasteiger partial charge in [-0.3, -0.25) is 4.79 Å². The van der Waals surface area contributed by atoms with E-state index in [0.717, 1.165) is 11.1 Å². The highest BCUT2D eigenvalue weighted by Gasteiger charge is 2.26. The number of piperazine rings is 1. The van der Waals surface area contributed by atoms with E-state index in [9.17, 15) is 10.1 Å². The molecular weight excluding hydrogens is 376 g/mol. The maximum atomic E-state index is 12.7. The van der Waals surface area contributed by atoms with Crippen LogP contribution in [-0.2, 0) is 0 Å². The molecule has 1 amide bonds. The third kappa shape index (κ3) is 4.26. The van der Waals surface area contributed by atoms with Crippen molar-refractivity contribution in [2.24, 2.45) is 0 Å². The average molecular weight is 398 g/mol. The molecule has 1 fully saturated rings. The first-order valence-corrected chi connectivity index (χ1v) is 9.89. The molecule has 0 atom stereocenters. The Bertz CT molecular complexity index is 1090. The number of carbonyl (C=O) groups excluding carboxylic acids is 1. The van der Waals surface area contributed by atoms with Gasteiger partial charge in [-0.05, 0) is 30.7 Å². The number of oxazole rings is 1. The van der Waals surface area contributed by atoms with Gasteiger partial charge < -0.3 is 14.2 Å². The molecule has 3 aromatic rings. The average Bonchev–Trinajstić information content (AvgIpc) is 3.22. The van der Waals surface area contributed by atoms with Gasteiger partial charge in [0.2, 0.25) is 17.5 Å². The van der Waals surface area contributed by atoms with Crippen LogP contribution in [0.15, 0.2) is 59.0 Å². The minimum atomic E-state index is 0.0270. The van der Waals surface area contributed by atoms with Gasteiger partial charge in [-0.25, -0.2) is 0 Å². The van der Waals surface area contributed by atoms with Crippen molar-refractivity contribution in [3.63, 3.8) is 0 Å². The summed E-state index contributed by atoms with van der Waals surface area (Å²) in [6, 6.07) is 19.6. The Labute approximate surface area is 175 Å². The second-order valence-corrected chi connectivity index (χ2v) is 7.21. The van der Waals surface area contributed by atoms with E-state index in [4.69, 9.17) is 4.42 Å². The van der Waals surface area contributed by atoms with Crippen LogP contribution in [0.4, 0.5) is 5.88 Å². The number of nitriles is 1.